The van der Waals surface area contributed by atoms with Crippen LogP contribution in [-0.2, 0) is 6.42 Å². The van der Waals surface area contributed by atoms with Gasteiger partial charge in [-0.1, -0.05) is 13.0 Å². The van der Waals surface area contributed by atoms with Crippen LogP contribution in [0.25, 0.3) is 23.0 Å². The number of carbonyl (C=O) groups excluding carboxylic acids is 1. The van der Waals surface area contributed by atoms with Crippen LogP contribution in [0.1, 0.15) is 52.4 Å². The van der Waals surface area contributed by atoms with Crippen molar-refractivity contribution >= 4 is 34.5 Å². The average molecular weight is 404 g/mol. The number of nitrogens with one attached hydrogen (secondary N) is 1. The highest BCUT2D eigenvalue weighted by Crippen LogP contribution is 2.33. The second-order valence-corrected chi connectivity index (χ2v) is 8.19. The summed E-state index contributed by atoms with van der Waals surface area (Å²) < 4.78 is 1.96. The fraction of sp³-hybridized carbons (Fsp3) is 0.238. The number of hydrogen-bond donors (Lipinski definition) is 2. The zero-order valence-corrected chi connectivity index (χ0v) is 16.7. The van der Waals surface area contributed by atoms with Gasteiger partial charge in [-0.05, 0) is 30.5 Å². The Morgan fingerprint density at radius 2 is 2.34 bits per heavy atom. The van der Waals surface area contributed by atoms with Crippen molar-refractivity contribution in [1.29, 1.82) is 0 Å². The molecule has 1 aliphatic rings. The van der Waals surface area contributed by atoms with Gasteiger partial charge in [0.05, 0.1) is 16.1 Å². The summed E-state index contributed by atoms with van der Waals surface area (Å²) in [6.45, 7) is 2.01. The van der Waals surface area contributed by atoms with Crippen molar-refractivity contribution in [2.24, 2.45) is 0 Å². The quantitative estimate of drug-likeness (QED) is 0.488. The number of H-pyrrole nitrogens is 1. The van der Waals surface area contributed by atoms with E-state index >= 15 is 0 Å². The molecule has 4 aromatic heterocycles. The molecule has 4 heterocycles. The summed E-state index contributed by atoms with van der Waals surface area (Å²) >= 11 is 1.36. The minimum Gasteiger partial charge on any atom is -0.382 e. The van der Waals surface area contributed by atoms with Crippen LogP contribution in [0.5, 0.6) is 0 Å². The summed E-state index contributed by atoms with van der Waals surface area (Å²) in [7, 11) is 0. The van der Waals surface area contributed by atoms with Crippen molar-refractivity contribution in [3.05, 3.63) is 58.2 Å². The van der Waals surface area contributed by atoms with E-state index in [1.807, 2.05) is 17.5 Å². The van der Waals surface area contributed by atoms with Gasteiger partial charge in [0.15, 0.2) is 5.78 Å². The molecule has 1 atom stereocenters. The molecular weight excluding hydrogens is 384 g/mol. The summed E-state index contributed by atoms with van der Waals surface area (Å²) in [4.78, 5) is 29.9. The summed E-state index contributed by atoms with van der Waals surface area (Å²) in [6, 6.07) is 2.14. The van der Waals surface area contributed by atoms with Crippen molar-refractivity contribution in [3.63, 3.8) is 0 Å². The van der Waals surface area contributed by atoms with E-state index in [0.29, 0.717) is 17.1 Å². The maximum Gasteiger partial charge on any atom is 0.175 e. The number of hydrogen-bond acceptors (Lipinski definition) is 6. The zero-order valence-electron chi connectivity index (χ0n) is 15.9. The molecule has 4 aromatic rings. The molecule has 0 radical (unpaired) electrons. The summed E-state index contributed by atoms with van der Waals surface area (Å²) in [5.74, 6) is 1.20. The van der Waals surface area contributed by atoms with Crippen LogP contribution in [0, 0.1) is 0 Å². The lowest BCUT2D eigenvalue weighted by molar-refractivity contribution is 0.0978. The first-order valence-electron chi connectivity index (χ1n) is 9.54. The number of imidazole rings is 1. The Kier molecular flexibility index (Phi) is 4.28. The van der Waals surface area contributed by atoms with Gasteiger partial charge in [0.25, 0.3) is 0 Å². The maximum absolute atomic E-state index is 12.6. The molecule has 0 saturated heterocycles. The predicted octanol–water partition coefficient (Wildman–Crippen LogP) is 4.10. The number of nitrogens with two attached hydrogens (primary N) is 1. The second kappa shape index (κ2) is 6.97. The lowest BCUT2D eigenvalue weighted by atomic mass is 10.0. The molecule has 1 unspecified atom stereocenters. The number of carbonyl (C=O) groups is 1. The predicted molar refractivity (Wildman–Crippen MR) is 114 cm³/mol. The van der Waals surface area contributed by atoms with Crippen molar-refractivity contribution in [2.75, 3.05) is 5.73 Å². The minimum atomic E-state index is -0.0860. The van der Waals surface area contributed by atoms with Gasteiger partial charge in [0, 0.05) is 36.6 Å². The van der Waals surface area contributed by atoms with E-state index in [2.05, 4.69) is 33.2 Å². The number of aryl methyl sites for hydroxylation is 1. The fourth-order valence-corrected chi connectivity index (χ4v) is 4.45. The van der Waals surface area contributed by atoms with E-state index in [9.17, 15) is 4.79 Å². The third kappa shape index (κ3) is 3.05. The van der Waals surface area contributed by atoms with Crippen LogP contribution in [0.4, 0.5) is 5.82 Å². The van der Waals surface area contributed by atoms with Gasteiger partial charge >= 0.3 is 0 Å². The molecule has 0 spiro atoms. The van der Waals surface area contributed by atoms with Crippen LogP contribution < -0.4 is 5.73 Å². The summed E-state index contributed by atoms with van der Waals surface area (Å²) in [6.07, 6.45) is 11.8. The van der Waals surface area contributed by atoms with Gasteiger partial charge < -0.3 is 10.7 Å². The van der Waals surface area contributed by atoms with Gasteiger partial charge in [-0.25, -0.2) is 9.97 Å². The van der Waals surface area contributed by atoms with Gasteiger partial charge in [-0.2, -0.15) is 0 Å². The highest BCUT2D eigenvalue weighted by atomic mass is 32.1. The van der Waals surface area contributed by atoms with Gasteiger partial charge in [0.2, 0.25) is 0 Å². The number of fused-ring (bicyclic) bond motifs is 2. The summed E-state index contributed by atoms with van der Waals surface area (Å²) in [5.41, 5.74) is 12.8. The SMILES string of the molecule is CC(CC(=O)c1cncs1)c1nc(-c2cc3c([nH]2)C=CCC3)c2c(N)nccn12. The maximum atomic E-state index is 12.6. The molecule has 29 heavy (non-hydrogen) atoms. The standard InChI is InChI=1S/C21H20N6OS/c1-12(8-16(28)17-10-23-11-29-17)21-26-18(19-20(22)24-6-7-27(19)21)15-9-13-4-2-3-5-14(13)25-15/h3,5-7,9-12,25H,2,4,8H2,1H3,(H2,22,24). The molecule has 0 bridgehead atoms. The van der Waals surface area contributed by atoms with Crippen LogP contribution in [0.3, 0.4) is 0 Å². The Bertz CT molecular complexity index is 1230. The van der Waals surface area contributed by atoms with Gasteiger partial charge in [0.1, 0.15) is 22.9 Å². The number of nitrogens with zero attached hydrogens (tertiary/aromatic N) is 4. The first-order valence-corrected chi connectivity index (χ1v) is 10.4. The number of nitrogen functional groups attached to an aromatic ring is 1. The number of thiazole rings is 1. The molecular formula is C21H20N6OS. The fourth-order valence-electron chi connectivity index (χ4n) is 3.88. The Morgan fingerprint density at radius 1 is 1.45 bits per heavy atom. The summed E-state index contributed by atoms with van der Waals surface area (Å²) in [5, 5.41) is 0. The lowest BCUT2D eigenvalue weighted by Crippen LogP contribution is -2.07. The molecule has 5 rings (SSSR count). The Hall–Kier alpha value is -3.26. The van der Waals surface area contributed by atoms with E-state index in [1.54, 1.807) is 17.9 Å². The van der Waals surface area contributed by atoms with Crippen LogP contribution >= 0.6 is 11.3 Å². The zero-order chi connectivity index (χ0) is 20.0. The molecule has 0 saturated carbocycles. The number of rotatable bonds is 5. The van der Waals surface area contributed by atoms with E-state index in [4.69, 9.17) is 10.7 Å². The number of anilines is 1. The number of ketones is 1. The first-order chi connectivity index (χ1) is 14.1. The van der Waals surface area contributed by atoms with Crippen molar-refractivity contribution in [2.45, 2.75) is 32.1 Å². The van der Waals surface area contributed by atoms with E-state index < -0.39 is 0 Å². The highest BCUT2D eigenvalue weighted by Gasteiger charge is 2.24. The van der Waals surface area contributed by atoms with E-state index in [1.165, 1.54) is 16.9 Å². The smallest absolute Gasteiger partial charge is 0.175 e. The number of allylic oxidation sites excluding steroid dienone is 1. The highest BCUT2D eigenvalue weighted by molar-refractivity contribution is 7.11. The average Bonchev–Trinajstić information content (AvgIpc) is 3.45. The molecule has 8 heteroatoms. The Labute approximate surface area is 171 Å². The Balaban J connectivity index is 1.58. The van der Waals surface area contributed by atoms with Crippen LogP contribution in [0.15, 0.2) is 36.2 Å². The van der Waals surface area contributed by atoms with E-state index in [0.717, 1.165) is 41.3 Å². The van der Waals surface area contributed by atoms with Crippen LogP contribution in [-0.4, -0.2) is 30.1 Å². The third-order valence-corrected chi connectivity index (χ3v) is 6.12. The van der Waals surface area contributed by atoms with E-state index in [-0.39, 0.29) is 11.7 Å². The largest absolute Gasteiger partial charge is 0.382 e. The first kappa shape index (κ1) is 17.8. The van der Waals surface area contributed by atoms with Gasteiger partial charge in [-0.3, -0.25) is 14.2 Å². The van der Waals surface area contributed by atoms with Gasteiger partial charge in [-0.15, -0.1) is 11.3 Å². The number of Topliss-reactive ketones (excluding diaryl/α,β-unsaturated/α-hetero) is 1. The van der Waals surface area contributed by atoms with Crippen molar-refractivity contribution in [3.8, 4) is 11.4 Å². The van der Waals surface area contributed by atoms with Crippen molar-refractivity contribution < 1.29 is 4.79 Å². The third-order valence-electron chi connectivity index (χ3n) is 5.30. The normalized spacial score (nSPS) is 14.2. The molecule has 146 valence electrons. The molecule has 0 aliphatic heterocycles. The molecule has 0 amide bonds. The second-order valence-electron chi connectivity index (χ2n) is 7.31. The number of aromatic amines is 1. The molecule has 0 fully saturated rings. The molecule has 1 aliphatic carbocycles. The minimum absolute atomic E-state index is 0.0702. The number of aromatic nitrogens is 5. The monoisotopic (exact) mass is 404 g/mol. The molecule has 7 nitrogen and oxygen atoms in total. The van der Waals surface area contributed by atoms with Crippen LogP contribution in [0.2, 0.25) is 0 Å². The van der Waals surface area contributed by atoms with Crippen molar-refractivity contribution in [1.82, 2.24) is 24.3 Å². The Morgan fingerprint density at radius 3 is 3.14 bits per heavy atom. The lowest BCUT2D eigenvalue weighted by Gasteiger charge is -2.09. The molecule has 3 N–H and O–H groups in total. The molecule has 0 aromatic carbocycles. The topological polar surface area (TPSA) is 102 Å².